The third-order valence-corrected chi connectivity index (χ3v) is 5.04. The van der Waals surface area contributed by atoms with Gasteiger partial charge < -0.3 is 9.67 Å². The van der Waals surface area contributed by atoms with Crippen molar-refractivity contribution in [2.45, 2.75) is 33.7 Å². The van der Waals surface area contributed by atoms with Crippen LogP contribution in [0.4, 0.5) is 0 Å². The minimum Gasteiger partial charge on any atom is -0.478 e. The number of benzene rings is 1. The number of carboxylic acid groups (broad SMARTS) is 1. The minimum absolute atomic E-state index is 0.228. The molecule has 19 heavy (non-hydrogen) atoms. The predicted molar refractivity (Wildman–Crippen MR) is 73.3 cm³/mol. The molecule has 0 saturated heterocycles. The fourth-order valence-corrected chi connectivity index (χ4v) is 3.23. The fraction of sp³-hybridized carbons (Fsp3) is 0.467. The van der Waals surface area contributed by atoms with Crippen molar-refractivity contribution >= 4 is 17.0 Å². The maximum Gasteiger partial charge on any atom is 0.335 e. The van der Waals surface area contributed by atoms with Crippen molar-refractivity contribution in [3.05, 3.63) is 30.1 Å². The molecule has 1 saturated carbocycles. The van der Waals surface area contributed by atoms with E-state index in [1.54, 1.807) is 12.1 Å². The van der Waals surface area contributed by atoms with Gasteiger partial charge in [0.25, 0.3) is 0 Å². The zero-order valence-electron chi connectivity index (χ0n) is 11.6. The van der Waals surface area contributed by atoms with Crippen molar-refractivity contribution < 1.29 is 9.90 Å². The normalized spacial score (nSPS) is 20.6. The SMILES string of the molecule is CC1(C)C(n2cnc3cc(C(=O)O)ccc32)C1(C)C. The van der Waals surface area contributed by atoms with Gasteiger partial charge in [-0.3, -0.25) is 0 Å². The molecule has 3 rings (SSSR count). The van der Waals surface area contributed by atoms with E-state index in [0.717, 1.165) is 11.0 Å². The Kier molecular flexibility index (Phi) is 2.17. The summed E-state index contributed by atoms with van der Waals surface area (Å²) >= 11 is 0. The van der Waals surface area contributed by atoms with Crippen LogP contribution < -0.4 is 0 Å². The van der Waals surface area contributed by atoms with Crippen molar-refractivity contribution in [1.29, 1.82) is 0 Å². The zero-order valence-corrected chi connectivity index (χ0v) is 11.6. The molecule has 0 bridgehead atoms. The summed E-state index contributed by atoms with van der Waals surface area (Å²) in [5.41, 5.74) is 2.50. The van der Waals surface area contributed by atoms with Gasteiger partial charge >= 0.3 is 5.97 Å². The fourth-order valence-electron chi connectivity index (χ4n) is 3.23. The molecule has 1 aromatic heterocycles. The van der Waals surface area contributed by atoms with E-state index in [9.17, 15) is 4.79 Å². The van der Waals surface area contributed by atoms with E-state index in [1.807, 2.05) is 12.4 Å². The largest absolute Gasteiger partial charge is 0.478 e. The average Bonchev–Trinajstić information content (AvgIpc) is 2.64. The second-order valence-electron chi connectivity index (χ2n) is 6.51. The molecule has 0 unspecified atom stereocenters. The molecular formula is C15H18N2O2. The van der Waals surface area contributed by atoms with E-state index in [4.69, 9.17) is 5.11 Å². The van der Waals surface area contributed by atoms with Gasteiger partial charge in [0, 0.05) is 6.04 Å². The van der Waals surface area contributed by atoms with Gasteiger partial charge in [0.2, 0.25) is 0 Å². The smallest absolute Gasteiger partial charge is 0.335 e. The Morgan fingerprint density at radius 2 is 1.89 bits per heavy atom. The monoisotopic (exact) mass is 258 g/mol. The minimum atomic E-state index is -0.913. The topological polar surface area (TPSA) is 55.1 Å². The Morgan fingerprint density at radius 3 is 2.42 bits per heavy atom. The summed E-state index contributed by atoms with van der Waals surface area (Å²) in [6.07, 6.45) is 1.83. The van der Waals surface area contributed by atoms with Gasteiger partial charge in [-0.1, -0.05) is 27.7 Å². The molecule has 0 spiro atoms. The number of hydrogen-bond donors (Lipinski definition) is 1. The van der Waals surface area contributed by atoms with E-state index in [2.05, 4.69) is 37.2 Å². The number of nitrogens with zero attached hydrogens (tertiary/aromatic N) is 2. The Bertz CT molecular complexity index is 669. The maximum atomic E-state index is 11.0. The molecule has 1 aromatic carbocycles. The van der Waals surface area contributed by atoms with E-state index in [1.165, 1.54) is 0 Å². The van der Waals surface area contributed by atoms with E-state index in [0.29, 0.717) is 6.04 Å². The van der Waals surface area contributed by atoms with Crippen LogP contribution in [-0.2, 0) is 0 Å². The first kappa shape index (κ1) is 12.2. The summed E-state index contributed by atoms with van der Waals surface area (Å²) in [7, 11) is 0. The van der Waals surface area contributed by atoms with Gasteiger partial charge in [-0.2, -0.15) is 0 Å². The van der Waals surface area contributed by atoms with Gasteiger partial charge in [-0.15, -0.1) is 0 Å². The van der Waals surface area contributed by atoms with Crippen LogP contribution in [-0.4, -0.2) is 20.6 Å². The molecule has 1 aliphatic rings. The molecule has 1 N–H and O–H groups in total. The lowest BCUT2D eigenvalue weighted by molar-refractivity contribution is 0.0697. The second kappa shape index (κ2) is 3.38. The number of rotatable bonds is 2. The number of carboxylic acids is 1. The van der Waals surface area contributed by atoms with Crippen molar-refractivity contribution in [2.75, 3.05) is 0 Å². The Morgan fingerprint density at radius 1 is 1.26 bits per heavy atom. The number of hydrogen-bond acceptors (Lipinski definition) is 2. The molecule has 4 nitrogen and oxygen atoms in total. The highest BCUT2D eigenvalue weighted by Gasteiger charge is 2.66. The van der Waals surface area contributed by atoms with Crippen LogP contribution in [0.5, 0.6) is 0 Å². The molecule has 4 heteroatoms. The Balaban J connectivity index is 2.11. The molecular weight excluding hydrogens is 240 g/mol. The summed E-state index contributed by atoms with van der Waals surface area (Å²) in [6.45, 7) is 9.04. The molecule has 1 fully saturated rings. The van der Waals surface area contributed by atoms with Crippen LogP contribution in [0.25, 0.3) is 11.0 Å². The number of aromatic carboxylic acids is 1. The van der Waals surface area contributed by atoms with Crippen LogP contribution in [0.15, 0.2) is 24.5 Å². The molecule has 2 aromatic rings. The molecule has 100 valence electrons. The second-order valence-corrected chi connectivity index (χ2v) is 6.51. The summed E-state index contributed by atoms with van der Waals surface area (Å²) in [5, 5.41) is 9.00. The van der Waals surface area contributed by atoms with Crippen LogP contribution in [0.1, 0.15) is 44.1 Å². The molecule has 0 radical (unpaired) electrons. The number of carbonyl (C=O) groups is 1. The molecule has 0 amide bonds. The van der Waals surface area contributed by atoms with Crippen molar-refractivity contribution in [3.8, 4) is 0 Å². The highest BCUT2D eigenvalue weighted by Crippen LogP contribution is 2.71. The van der Waals surface area contributed by atoms with E-state index >= 15 is 0 Å². The zero-order chi connectivity index (χ0) is 14.0. The lowest BCUT2D eigenvalue weighted by atomic mass is 10.0. The van der Waals surface area contributed by atoms with Crippen LogP contribution in [0.2, 0.25) is 0 Å². The number of fused-ring (bicyclic) bond motifs is 1. The highest BCUT2D eigenvalue weighted by molar-refractivity contribution is 5.92. The lowest BCUT2D eigenvalue weighted by Crippen LogP contribution is -2.00. The maximum absolute atomic E-state index is 11.0. The quantitative estimate of drug-likeness (QED) is 0.898. The predicted octanol–water partition coefficient (Wildman–Crippen LogP) is 3.34. The average molecular weight is 258 g/mol. The first-order chi connectivity index (χ1) is 8.76. The van der Waals surface area contributed by atoms with Gasteiger partial charge in [-0.05, 0) is 29.0 Å². The number of aromatic nitrogens is 2. The van der Waals surface area contributed by atoms with Crippen molar-refractivity contribution in [3.63, 3.8) is 0 Å². The molecule has 1 aliphatic carbocycles. The van der Waals surface area contributed by atoms with Gasteiger partial charge in [0.15, 0.2) is 0 Å². The molecule has 0 atom stereocenters. The Hall–Kier alpha value is -1.84. The van der Waals surface area contributed by atoms with Crippen molar-refractivity contribution in [2.24, 2.45) is 10.8 Å². The summed E-state index contributed by atoms with van der Waals surface area (Å²) < 4.78 is 2.18. The van der Waals surface area contributed by atoms with E-state index < -0.39 is 5.97 Å². The van der Waals surface area contributed by atoms with E-state index in [-0.39, 0.29) is 16.4 Å². The number of imidazole rings is 1. The summed E-state index contributed by atoms with van der Waals surface area (Å²) in [4.78, 5) is 15.3. The lowest BCUT2D eigenvalue weighted by Gasteiger charge is -2.06. The first-order valence-electron chi connectivity index (χ1n) is 6.46. The summed E-state index contributed by atoms with van der Waals surface area (Å²) in [6, 6.07) is 5.54. The van der Waals surface area contributed by atoms with Crippen molar-refractivity contribution in [1.82, 2.24) is 9.55 Å². The van der Waals surface area contributed by atoms with Gasteiger partial charge in [0.05, 0.1) is 22.9 Å². The van der Waals surface area contributed by atoms with Crippen LogP contribution in [0.3, 0.4) is 0 Å². The Labute approximate surface area is 112 Å². The first-order valence-corrected chi connectivity index (χ1v) is 6.46. The third-order valence-electron chi connectivity index (χ3n) is 5.04. The van der Waals surface area contributed by atoms with Crippen LogP contribution >= 0.6 is 0 Å². The summed E-state index contributed by atoms with van der Waals surface area (Å²) in [5.74, 6) is -0.913. The standard InChI is InChI=1S/C15H18N2O2/c1-14(2)13(15(14,3)4)17-8-16-10-7-9(12(18)19)5-6-11(10)17/h5-8,13H,1-4H3,(H,18,19). The molecule has 0 aliphatic heterocycles. The van der Waals surface area contributed by atoms with Crippen LogP contribution in [0, 0.1) is 10.8 Å². The highest BCUT2D eigenvalue weighted by atomic mass is 16.4. The third kappa shape index (κ3) is 1.46. The van der Waals surface area contributed by atoms with Gasteiger partial charge in [0.1, 0.15) is 0 Å². The molecule has 1 heterocycles. The van der Waals surface area contributed by atoms with Gasteiger partial charge in [-0.25, -0.2) is 9.78 Å².